The van der Waals surface area contributed by atoms with Crippen LogP contribution in [0.1, 0.15) is 20.8 Å². The first-order valence-electron chi connectivity index (χ1n) is 5.82. The molecule has 0 aliphatic heterocycles. The summed E-state index contributed by atoms with van der Waals surface area (Å²) in [6.07, 6.45) is 3.98. The van der Waals surface area contributed by atoms with Gasteiger partial charge in [0.15, 0.2) is 0 Å². The lowest BCUT2D eigenvalue weighted by Gasteiger charge is -2.21. The summed E-state index contributed by atoms with van der Waals surface area (Å²) in [5.41, 5.74) is 2.07. The smallest absolute Gasteiger partial charge is 0.0302 e. The van der Waals surface area contributed by atoms with Crippen molar-refractivity contribution in [1.82, 2.24) is 9.80 Å². The lowest BCUT2D eigenvalue weighted by molar-refractivity contribution is 0.331. The second kappa shape index (κ2) is 10.5. The van der Waals surface area contributed by atoms with Crippen molar-refractivity contribution in [3.63, 3.8) is 0 Å². The van der Waals surface area contributed by atoms with Crippen LogP contribution in [0, 0.1) is 0 Å². The minimum atomic E-state index is 0.992. The number of rotatable bonds is 6. The van der Waals surface area contributed by atoms with Gasteiger partial charge in [0, 0.05) is 25.8 Å². The van der Waals surface area contributed by atoms with Gasteiger partial charge in [0.05, 0.1) is 0 Å². The van der Waals surface area contributed by atoms with E-state index in [1.54, 1.807) is 0 Å². The van der Waals surface area contributed by atoms with E-state index >= 15 is 0 Å². The molecule has 0 aromatic carbocycles. The Hall–Kier alpha value is -1.02. The van der Waals surface area contributed by atoms with Gasteiger partial charge in [-0.25, -0.2) is 0 Å². The van der Waals surface area contributed by atoms with Gasteiger partial charge in [-0.1, -0.05) is 38.7 Å². The van der Waals surface area contributed by atoms with Gasteiger partial charge in [-0.05, 0) is 27.1 Å². The van der Waals surface area contributed by atoms with E-state index in [0.717, 1.165) is 24.4 Å². The second-order valence-corrected chi connectivity index (χ2v) is 3.90. The first-order valence-corrected chi connectivity index (χ1v) is 5.82. The fourth-order valence-electron chi connectivity index (χ4n) is 0.859. The molecule has 94 valence electrons. The van der Waals surface area contributed by atoms with Crippen molar-refractivity contribution in [3.8, 4) is 0 Å². The summed E-state index contributed by atoms with van der Waals surface area (Å²) in [5.74, 6) is 0. The van der Waals surface area contributed by atoms with E-state index in [2.05, 4.69) is 44.1 Å². The van der Waals surface area contributed by atoms with Crippen molar-refractivity contribution >= 4 is 0 Å². The number of hydrogen-bond donors (Lipinski definition) is 0. The molecule has 0 bridgehead atoms. The number of hydrogen-bond acceptors (Lipinski definition) is 2. The van der Waals surface area contributed by atoms with Gasteiger partial charge < -0.3 is 9.80 Å². The molecule has 0 unspecified atom stereocenters. The molecule has 0 heterocycles. The third-order valence-electron chi connectivity index (χ3n) is 1.93. The van der Waals surface area contributed by atoms with Crippen molar-refractivity contribution in [2.24, 2.45) is 0 Å². The molecule has 0 spiro atoms. The summed E-state index contributed by atoms with van der Waals surface area (Å²) < 4.78 is 0. The van der Waals surface area contributed by atoms with Crippen LogP contribution in [0.15, 0.2) is 36.6 Å². The minimum absolute atomic E-state index is 0.992. The van der Waals surface area contributed by atoms with Gasteiger partial charge in [0.25, 0.3) is 0 Å². The maximum atomic E-state index is 3.98. The molecule has 0 amide bonds. The summed E-state index contributed by atoms with van der Waals surface area (Å²) in [6.45, 7) is 15.8. The summed E-state index contributed by atoms with van der Waals surface area (Å²) in [4.78, 5) is 4.30. The van der Waals surface area contributed by atoms with Crippen LogP contribution in [0.5, 0.6) is 0 Å². The molecule has 0 saturated heterocycles. The van der Waals surface area contributed by atoms with E-state index in [1.807, 2.05) is 32.9 Å². The maximum absolute atomic E-state index is 3.98. The largest absolute Gasteiger partial charge is 0.374 e. The molecule has 0 aliphatic rings. The highest BCUT2D eigenvalue weighted by Gasteiger charge is 1.98. The van der Waals surface area contributed by atoms with Crippen LogP contribution in [-0.2, 0) is 0 Å². The van der Waals surface area contributed by atoms with Gasteiger partial charge in [-0.2, -0.15) is 0 Å². The Bertz CT molecular complexity index is 227. The number of nitrogens with zero attached hydrogens (tertiary/aromatic N) is 2. The molecule has 0 radical (unpaired) electrons. The Labute approximate surface area is 102 Å². The highest BCUT2D eigenvalue weighted by molar-refractivity contribution is 5.21. The number of allylic oxidation sites excluding steroid dienone is 3. The molecule has 0 aromatic rings. The van der Waals surface area contributed by atoms with Gasteiger partial charge in [0.1, 0.15) is 0 Å². The van der Waals surface area contributed by atoms with Crippen LogP contribution in [0.3, 0.4) is 0 Å². The Morgan fingerprint density at radius 3 is 1.88 bits per heavy atom. The highest BCUT2D eigenvalue weighted by atomic mass is 15.2. The van der Waals surface area contributed by atoms with Crippen molar-refractivity contribution in [1.29, 1.82) is 0 Å². The molecule has 2 heteroatoms. The average molecular weight is 224 g/mol. The van der Waals surface area contributed by atoms with Gasteiger partial charge >= 0.3 is 0 Å². The SMILES string of the molecule is C=C(C)/C=C\C(=C)N(C)CCN(C)C.CC. The summed E-state index contributed by atoms with van der Waals surface area (Å²) in [7, 11) is 6.19. The molecule has 0 N–H and O–H groups in total. The molecule has 0 fully saturated rings. The van der Waals surface area contributed by atoms with Gasteiger partial charge in [0.2, 0.25) is 0 Å². The van der Waals surface area contributed by atoms with E-state index in [9.17, 15) is 0 Å². The van der Waals surface area contributed by atoms with Crippen LogP contribution in [0.2, 0.25) is 0 Å². The van der Waals surface area contributed by atoms with Crippen molar-refractivity contribution < 1.29 is 0 Å². The van der Waals surface area contributed by atoms with Crippen LogP contribution < -0.4 is 0 Å². The highest BCUT2D eigenvalue weighted by Crippen LogP contribution is 2.02. The van der Waals surface area contributed by atoms with Crippen LogP contribution in [0.4, 0.5) is 0 Å². The first-order chi connectivity index (χ1) is 7.43. The monoisotopic (exact) mass is 224 g/mol. The third kappa shape index (κ3) is 11.1. The third-order valence-corrected chi connectivity index (χ3v) is 1.93. The Kier molecular flexibility index (Phi) is 11.4. The van der Waals surface area contributed by atoms with E-state index in [-0.39, 0.29) is 0 Å². The zero-order valence-corrected chi connectivity index (χ0v) is 11.9. The van der Waals surface area contributed by atoms with E-state index in [1.165, 1.54) is 0 Å². The molecule has 0 aliphatic carbocycles. The fourth-order valence-corrected chi connectivity index (χ4v) is 0.859. The van der Waals surface area contributed by atoms with Crippen molar-refractivity contribution in [3.05, 3.63) is 36.6 Å². The second-order valence-electron chi connectivity index (χ2n) is 3.90. The molecule has 0 atom stereocenters. The van der Waals surface area contributed by atoms with E-state index < -0.39 is 0 Å². The number of likely N-dealkylation sites (N-methyl/N-ethyl adjacent to an activating group) is 2. The zero-order valence-electron chi connectivity index (χ0n) is 11.9. The van der Waals surface area contributed by atoms with Crippen molar-refractivity contribution in [2.45, 2.75) is 20.8 Å². The van der Waals surface area contributed by atoms with Gasteiger partial charge in [-0.15, -0.1) is 0 Å². The maximum Gasteiger partial charge on any atom is 0.0302 e. The lowest BCUT2D eigenvalue weighted by Crippen LogP contribution is -2.27. The quantitative estimate of drug-likeness (QED) is 0.640. The Balaban J connectivity index is 0. The molecule has 0 saturated carbocycles. The first kappa shape index (κ1) is 17.4. The van der Waals surface area contributed by atoms with Crippen LogP contribution in [-0.4, -0.2) is 44.0 Å². The summed E-state index contributed by atoms with van der Waals surface area (Å²) >= 11 is 0. The standard InChI is InChI=1S/C12H22N2.C2H6/c1-11(2)7-8-12(3)14(6)10-9-13(4)5;1-2/h7-8H,1,3,9-10H2,2,4-6H3;1-2H3/b8-7-;. The average Bonchev–Trinajstić information content (AvgIpc) is 2.25. The Morgan fingerprint density at radius 2 is 1.50 bits per heavy atom. The topological polar surface area (TPSA) is 6.48 Å². The predicted octanol–water partition coefficient (Wildman–Crippen LogP) is 3.15. The summed E-state index contributed by atoms with van der Waals surface area (Å²) in [6, 6.07) is 0. The zero-order chi connectivity index (χ0) is 13.1. The van der Waals surface area contributed by atoms with E-state index in [4.69, 9.17) is 0 Å². The molecular weight excluding hydrogens is 196 g/mol. The Morgan fingerprint density at radius 1 is 1.00 bits per heavy atom. The molecular formula is C14H28N2. The molecule has 2 nitrogen and oxygen atoms in total. The molecule has 0 rings (SSSR count). The van der Waals surface area contributed by atoms with Gasteiger partial charge in [-0.3, -0.25) is 0 Å². The normalized spacial score (nSPS) is 9.94. The fraction of sp³-hybridized carbons (Fsp3) is 0.571. The van der Waals surface area contributed by atoms with Crippen LogP contribution >= 0.6 is 0 Å². The summed E-state index contributed by atoms with van der Waals surface area (Å²) in [5, 5.41) is 0. The minimum Gasteiger partial charge on any atom is -0.374 e. The van der Waals surface area contributed by atoms with E-state index in [0.29, 0.717) is 0 Å². The molecule has 16 heavy (non-hydrogen) atoms. The van der Waals surface area contributed by atoms with Crippen molar-refractivity contribution in [2.75, 3.05) is 34.2 Å². The van der Waals surface area contributed by atoms with Crippen LogP contribution in [0.25, 0.3) is 0 Å². The lowest BCUT2D eigenvalue weighted by atomic mass is 10.3. The predicted molar refractivity (Wildman–Crippen MR) is 75.6 cm³/mol. The molecule has 0 aromatic heterocycles.